The third-order valence-electron chi connectivity index (χ3n) is 4.62. The summed E-state index contributed by atoms with van der Waals surface area (Å²) in [5.41, 5.74) is 1.32. The Bertz CT molecular complexity index is 987. The molecule has 3 nitrogen and oxygen atoms in total. The minimum absolute atomic E-state index is 0.0233. The number of phenolic OH excluding ortho intramolecular Hbond substituents is 1. The largest absolute Gasteiger partial charge is 0.505 e. The fourth-order valence-electron chi connectivity index (χ4n) is 3.02. The molecule has 0 fully saturated rings. The molecule has 0 heterocycles. The summed E-state index contributed by atoms with van der Waals surface area (Å²) in [6.07, 6.45) is 0.417. The van der Waals surface area contributed by atoms with Gasteiger partial charge in [-0.1, -0.05) is 37.6 Å². The lowest BCUT2D eigenvalue weighted by Gasteiger charge is -2.13. The van der Waals surface area contributed by atoms with E-state index >= 15 is 0 Å². The molecule has 3 aromatic carbocycles. The summed E-state index contributed by atoms with van der Waals surface area (Å²) in [5.74, 6) is -3.17. The van der Waals surface area contributed by atoms with Crippen molar-refractivity contribution in [2.45, 2.75) is 32.5 Å². The van der Waals surface area contributed by atoms with Crippen molar-refractivity contribution in [3.8, 4) is 22.6 Å². The highest BCUT2D eigenvalue weighted by Gasteiger charge is 2.15. The van der Waals surface area contributed by atoms with E-state index in [1.807, 2.05) is 6.92 Å². The minimum atomic E-state index is -1.29. The first-order valence-corrected chi connectivity index (χ1v) is 9.27. The second-order valence-electron chi connectivity index (χ2n) is 6.73. The van der Waals surface area contributed by atoms with Crippen LogP contribution < -0.4 is 4.74 Å². The lowest BCUT2D eigenvalue weighted by Crippen LogP contribution is -2.02. The van der Waals surface area contributed by atoms with Gasteiger partial charge in [0, 0.05) is 11.1 Å². The highest BCUT2D eigenvalue weighted by atomic mass is 19.2. The van der Waals surface area contributed by atoms with E-state index in [1.54, 1.807) is 36.4 Å². The maximum Gasteiger partial charge on any atom is 0.200 e. The van der Waals surface area contributed by atoms with Crippen LogP contribution in [-0.2, 0) is 6.61 Å². The van der Waals surface area contributed by atoms with E-state index in [1.165, 1.54) is 12.1 Å². The van der Waals surface area contributed by atoms with Crippen molar-refractivity contribution in [1.82, 2.24) is 0 Å². The molecule has 0 amide bonds. The predicted octanol–water partition coefficient (Wildman–Crippen LogP) is 5.89. The summed E-state index contributed by atoms with van der Waals surface area (Å²) >= 11 is 0. The van der Waals surface area contributed by atoms with Gasteiger partial charge in [0.05, 0.1) is 6.10 Å². The molecule has 152 valence electrons. The lowest BCUT2D eigenvalue weighted by molar-refractivity contribution is 0.161. The van der Waals surface area contributed by atoms with Crippen LogP contribution >= 0.6 is 0 Å². The Morgan fingerprint density at radius 2 is 1.66 bits per heavy atom. The summed E-state index contributed by atoms with van der Waals surface area (Å²) in [5, 5.41) is 19.1. The zero-order valence-electron chi connectivity index (χ0n) is 15.8. The highest BCUT2D eigenvalue weighted by molar-refractivity contribution is 5.66. The zero-order chi connectivity index (χ0) is 21.0. The molecule has 1 unspecified atom stereocenters. The van der Waals surface area contributed by atoms with Gasteiger partial charge in [-0.15, -0.1) is 0 Å². The van der Waals surface area contributed by atoms with E-state index in [0.717, 1.165) is 12.5 Å². The van der Waals surface area contributed by atoms with E-state index in [-0.39, 0.29) is 17.7 Å². The Morgan fingerprint density at radius 3 is 2.31 bits per heavy atom. The fraction of sp³-hybridized carbons (Fsp3) is 0.217. The Labute approximate surface area is 167 Å². The molecule has 0 aliphatic heterocycles. The maximum atomic E-state index is 14.2. The molecule has 6 heteroatoms. The second kappa shape index (κ2) is 9.01. The number of halogens is 3. The van der Waals surface area contributed by atoms with Crippen LogP contribution in [0.5, 0.6) is 11.5 Å². The predicted molar refractivity (Wildman–Crippen MR) is 104 cm³/mol. The van der Waals surface area contributed by atoms with Crippen LogP contribution in [0.2, 0.25) is 0 Å². The van der Waals surface area contributed by atoms with Gasteiger partial charge in [0.1, 0.15) is 18.2 Å². The standard InChI is InChI=1S/C23H21F3O3/c1-2-3-20(27)18-9-4-14(12-19(18)24)13-29-16-7-5-15(6-8-16)17-10-11-21(28)23(26)22(17)25/h4-12,20,27-28H,2-3,13H2,1H3. The van der Waals surface area contributed by atoms with Crippen molar-refractivity contribution in [2.75, 3.05) is 0 Å². The van der Waals surface area contributed by atoms with Crippen molar-refractivity contribution in [1.29, 1.82) is 0 Å². The molecule has 0 aliphatic carbocycles. The van der Waals surface area contributed by atoms with Gasteiger partial charge in [-0.05, 0) is 47.9 Å². The second-order valence-corrected chi connectivity index (χ2v) is 6.73. The minimum Gasteiger partial charge on any atom is -0.505 e. The molecule has 0 radical (unpaired) electrons. The van der Waals surface area contributed by atoms with Gasteiger partial charge in [-0.3, -0.25) is 0 Å². The number of rotatable bonds is 7. The maximum absolute atomic E-state index is 14.2. The molecular weight excluding hydrogens is 381 g/mol. The van der Waals surface area contributed by atoms with Crippen LogP contribution in [0.1, 0.15) is 37.0 Å². The van der Waals surface area contributed by atoms with Gasteiger partial charge in [0.2, 0.25) is 5.82 Å². The van der Waals surface area contributed by atoms with Gasteiger partial charge >= 0.3 is 0 Å². The molecule has 0 saturated carbocycles. The number of aromatic hydroxyl groups is 1. The van der Waals surface area contributed by atoms with Gasteiger partial charge < -0.3 is 14.9 Å². The first-order chi connectivity index (χ1) is 13.9. The average molecular weight is 402 g/mol. The Kier molecular flexibility index (Phi) is 6.44. The summed E-state index contributed by atoms with van der Waals surface area (Å²) in [7, 11) is 0. The van der Waals surface area contributed by atoms with Crippen molar-refractivity contribution < 1.29 is 28.1 Å². The van der Waals surface area contributed by atoms with Crippen LogP contribution in [0.15, 0.2) is 54.6 Å². The molecule has 0 bridgehead atoms. The number of phenols is 1. The van der Waals surface area contributed by atoms with E-state index in [2.05, 4.69) is 0 Å². The number of ether oxygens (including phenoxy) is 1. The first kappa shape index (κ1) is 20.7. The Balaban J connectivity index is 1.68. The quantitative estimate of drug-likeness (QED) is 0.518. The first-order valence-electron chi connectivity index (χ1n) is 9.27. The van der Waals surface area contributed by atoms with E-state index < -0.39 is 29.3 Å². The third-order valence-corrected chi connectivity index (χ3v) is 4.62. The average Bonchev–Trinajstić information content (AvgIpc) is 2.71. The number of aliphatic hydroxyl groups is 1. The third kappa shape index (κ3) is 4.71. The van der Waals surface area contributed by atoms with Gasteiger partial charge in [0.25, 0.3) is 0 Å². The molecule has 0 saturated heterocycles. The zero-order valence-corrected chi connectivity index (χ0v) is 15.8. The molecular formula is C23H21F3O3. The van der Waals surface area contributed by atoms with Gasteiger partial charge in [-0.2, -0.15) is 4.39 Å². The fourth-order valence-corrected chi connectivity index (χ4v) is 3.02. The smallest absolute Gasteiger partial charge is 0.200 e. The van der Waals surface area contributed by atoms with E-state index in [9.17, 15) is 23.4 Å². The lowest BCUT2D eigenvalue weighted by atomic mass is 10.0. The van der Waals surface area contributed by atoms with Crippen molar-refractivity contribution in [3.63, 3.8) is 0 Å². The van der Waals surface area contributed by atoms with Crippen LogP contribution in [0.25, 0.3) is 11.1 Å². The van der Waals surface area contributed by atoms with Crippen LogP contribution in [0.4, 0.5) is 13.2 Å². The van der Waals surface area contributed by atoms with Crippen molar-refractivity contribution in [2.24, 2.45) is 0 Å². The van der Waals surface area contributed by atoms with Crippen molar-refractivity contribution >= 4 is 0 Å². The molecule has 3 rings (SSSR count). The van der Waals surface area contributed by atoms with Crippen LogP contribution in [0, 0.1) is 17.5 Å². The summed E-state index contributed by atoms with van der Waals surface area (Å²) < 4.78 is 47.3. The summed E-state index contributed by atoms with van der Waals surface area (Å²) in [4.78, 5) is 0. The summed E-state index contributed by atoms with van der Waals surface area (Å²) in [6.45, 7) is 2.03. The molecule has 29 heavy (non-hydrogen) atoms. The molecule has 3 aromatic rings. The Morgan fingerprint density at radius 1 is 0.931 bits per heavy atom. The van der Waals surface area contributed by atoms with Gasteiger partial charge in [0.15, 0.2) is 11.6 Å². The molecule has 0 aromatic heterocycles. The van der Waals surface area contributed by atoms with Crippen LogP contribution in [0.3, 0.4) is 0 Å². The van der Waals surface area contributed by atoms with Gasteiger partial charge in [-0.25, -0.2) is 8.78 Å². The van der Waals surface area contributed by atoms with Crippen LogP contribution in [-0.4, -0.2) is 10.2 Å². The molecule has 0 spiro atoms. The Hall–Kier alpha value is -2.99. The summed E-state index contributed by atoms with van der Waals surface area (Å²) in [6, 6.07) is 13.3. The van der Waals surface area contributed by atoms with Crippen molar-refractivity contribution in [3.05, 3.63) is 83.2 Å². The number of benzene rings is 3. The molecule has 0 aliphatic rings. The monoisotopic (exact) mass is 402 g/mol. The molecule has 2 N–H and O–H groups in total. The normalized spacial score (nSPS) is 12.0. The molecule has 1 atom stereocenters. The SMILES string of the molecule is CCCC(O)c1ccc(COc2ccc(-c3ccc(O)c(F)c3F)cc2)cc1F. The topological polar surface area (TPSA) is 49.7 Å². The highest BCUT2D eigenvalue weighted by Crippen LogP contribution is 2.30. The van der Waals surface area contributed by atoms with E-state index in [0.29, 0.717) is 23.3 Å². The number of hydrogen-bond donors (Lipinski definition) is 2. The number of aliphatic hydroxyl groups excluding tert-OH is 1. The number of hydrogen-bond acceptors (Lipinski definition) is 3. The van der Waals surface area contributed by atoms with E-state index in [4.69, 9.17) is 4.74 Å².